The summed E-state index contributed by atoms with van der Waals surface area (Å²) in [5.41, 5.74) is 6.54. The van der Waals surface area contributed by atoms with Crippen LogP contribution in [0.25, 0.3) is 0 Å². The SMILES string of the molecule is CC1(C)C=C(NNC(=O)CC#N)CC(C)(C)[NH2+]1. The predicted molar refractivity (Wildman–Crippen MR) is 64.3 cm³/mol. The van der Waals surface area contributed by atoms with Gasteiger partial charge in [0.25, 0.3) is 5.91 Å². The highest BCUT2D eigenvalue weighted by Gasteiger charge is 2.36. The third-order valence-electron chi connectivity index (χ3n) is 2.56. The Labute approximate surface area is 102 Å². The quantitative estimate of drug-likeness (QED) is 0.601. The number of amides is 1. The van der Waals surface area contributed by atoms with Crippen molar-refractivity contribution in [2.45, 2.75) is 51.6 Å². The summed E-state index contributed by atoms with van der Waals surface area (Å²) in [6.45, 7) is 8.60. The first kappa shape index (κ1) is 13.5. The van der Waals surface area contributed by atoms with E-state index >= 15 is 0 Å². The number of hydrogen-bond donors (Lipinski definition) is 3. The van der Waals surface area contributed by atoms with Gasteiger partial charge in [-0.2, -0.15) is 5.26 Å². The van der Waals surface area contributed by atoms with Gasteiger partial charge < -0.3 is 10.7 Å². The first-order chi connectivity index (χ1) is 7.74. The molecule has 1 rings (SSSR count). The minimum absolute atomic E-state index is 0.00401. The normalized spacial score (nSPS) is 21.0. The maximum atomic E-state index is 11.2. The maximum Gasteiger partial charge on any atom is 0.252 e. The van der Waals surface area contributed by atoms with Crippen LogP contribution < -0.4 is 16.2 Å². The van der Waals surface area contributed by atoms with E-state index < -0.39 is 0 Å². The highest BCUT2D eigenvalue weighted by atomic mass is 16.2. The van der Waals surface area contributed by atoms with Crippen molar-refractivity contribution >= 4 is 5.91 Å². The van der Waals surface area contributed by atoms with E-state index in [1.165, 1.54) is 0 Å². The fourth-order valence-electron chi connectivity index (χ4n) is 2.44. The minimum atomic E-state index is -0.307. The molecular weight excluding hydrogens is 216 g/mol. The van der Waals surface area contributed by atoms with Gasteiger partial charge in [-0.1, -0.05) is 0 Å². The van der Waals surface area contributed by atoms with Gasteiger partial charge in [0.05, 0.1) is 11.6 Å². The Morgan fingerprint density at radius 3 is 2.71 bits per heavy atom. The molecule has 1 amide bonds. The van der Waals surface area contributed by atoms with Gasteiger partial charge in [-0.05, 0) is 33.8 Å². The first-order valence-corrected chi connectivity index (χ1v) is 5.75. The van der Waals surface area contributed by atoms with Crippen LogP contribution in [-0.4, -0.2) is 17.0 Å². The molecule has 0 spiro atoms. The lowest BCUT2D eigenvalue weighted by molar-refractivity contribution is -0.771. The highest BCUT2D eigenvalue weighted by molar-refractivity contribution is 5.77. The molecule has 0 fully saturated rings. The Balaban J connectivity index is 2.62. The molecule has 5 heteroatoms. The van der Waals surface area contributed by atoms with Crippen molar-refractivity contribution in [1.29, 1.82) is 5.26 Å². The van der Waals surface area contributed by atoms with Gasteiger partial charge in [-0.15, -0.1) is 0 Å². The van der Waals surface area contributed by atoms with E-state index in [2.05, 4.69) is 49.9 Å². The topological polar surface area (TPSA) is 81.5 Å². The Hall–Kier alpha value is -1.54. The number of quaternary nitrogens is 1. The summed E-state index contributed by atoms with van der Waals surface area (Å²) in [6, 6.07) is 1.81. The summed E-state index contributed by atoms with van der Waals surface area (Å²) in [7, 11) is 0. The molecule has 0 aromatic carbocycles. The fourth-order valence-corrected chi connectivity index (χ4v) is 2.44. The molecule has 1 aliphatic heterocycles. The molecule has 0 bridgehead atoms. The molecule has 17 heavy (non-hydrogen) atoms. The Bertz CT molecular complexity index is 376. The molecule has 1 heterocycles. The molecule has 4 N–H and O–H groups in total. The van der Waals surface area contributed by atoms with E-state index in [-0.39, 0.29) is 23.4 Å². The van der Waals surface area contributed by atoms with E-state index in [1.54, 1.807) is 0 Å². The number of carbonyl (C=O) groups excluding carboxylic acids is 1. The summed E-state index contributed by atoms with van der Waals surface area (Å²) >= 11 is 0. The molecular formula is C12H21N4O+. The van der Waals surface area contributed by atoms with Crippen LogP contribution in [0.1, 0.15) is 40.5 Å². The number of nitriles is 1. The third kappa shape index (κ3) is 4.45. The lowest BCUT2D eigenvalue weighted by Gasteiger charge is -2.37. The molecule has 0 saturated heterocycles. The van der Waals surface area contributed by atoms with E-state index in [4.69, 9.17) is 5.26 Å². The summed E-state index contributed by atoms with van der Waals surface area (Å²) in [6.07, 6.45) is 2.83. The lowest BCUT2D eigenvalue weighted by Crippen LogP contribution is -3.04. The molecule has 1 aliphatic rings. The molecule has 0 aromatic heterocycles. The third-order valence-corrected chi connectivity index (χ3v) is 2.56. The monoisotopic (exact) mass is 237 g/mol. The number of nitrogens with one attached hydrogen (secondary N) is 2. The van der Waals surface area contributed by atoms with E-state index in [1.807, 2.05) is 6.07 Å². The van der Waals surface area contributed by atoms with Crippen LogP contribution >= 0.6 is 0 Å². The maximum absolute atomic E-state index is 11.2. The van der Waals surface area contributed by atoms with Crippen molar-refractivity contribution in [3.63, 3.8) is 0 Å². The average Bonchev–Trinajstić information content (AvgIpc) is 2.10. The molecule has 0 atom stereocenters. The number of hydrogen-bond acceptors (Lipinski definition) is 3. The minimum Gasteiger partial charge on any atom is -0.334 e. The van der Waals surface area contributed by atoms with Crippen molar-refractivity contribution in [3.05, 3.63) is 11.8 Å². The summed E-state index contributed by atoms with van der Waals surface area (Å²) in [4.78, 5) is 11.2. The number of carbonyl (C=O) groups is 1. The number of rotatable bonds is 3. The zero-order chi connectivity index (χ0) is 13.1. The molecule has 94 valence electrons. The zero-order valence-corrected chi connectivity index (χ0v) is 10.9. The van der Waals surface area contributed by atoms with Crippen molar-refractivity contribution in [2.24, 2.45) is 0 Å². The molecule has 0 saturated carbocycles. The van der Waals surface area contributed by atoms with Crippen molar-refractivity contribution in [2.75, 3.05) is 0 Å². The summed E-state index contributed by atoms with van der Waals surface area (Å²) < 4.78 is 0. The van der Waals surface area contributed by atoms with Gasteiger partial charge in [0.15, 0.2) is 0 Å². The molecule has 5 nitrogen and oxygen atoms in total. The summed E-state index contributed by atoms with van der Waals surface area (Å²) in [5, 5.41) is 10.7. The largest absolute Gasteiger partial charge is 0.334 e. The summed E-state index contributed by atoms with van der Waals surface area (Å²) in [5.74, 6) is -0.307. The fraction of sp³-hybridized carbons (Fsp3) is 0.667. The Morgan fingerprint density at radius 1 is 1.53 bits per heavy atom. The van der Waals surface area contributed by atoms with Gasteiger partial charge in [0.2, 0.25) is 0 Å². The van der Waals surface area contributed by atoms with Crippen LogP contribution in [0.5, 0.6) is 0 Å². The molecule has 0 radical (unpaired) electrons. The van der Waals surface area contributed by atoms with E-state index in [0.717, 1.165) is 12.1 Å². The Kier molecular flexibility index (Phi) is 3.79. The van der Waals surface area contributed by atoms with Crippen molar-refractivity contribution in [1.82, 2.24) is 10.9 Å². The van der Waals surface area contributed by atoms with Crippen molar-refractivity contribution < 1.29 is 10.1 Å². The number of nitrogens with two attached hydrogens (primary N) is 1. The van der Waals surface area contributed by atoms with Crippen LogP contribution in [0.2, 0.25) is 0 Å². The van der Waals surface area contributed by atoms with Gasteiger partial charge >= 0.3 is 0 Å². The number of nitrogens with zero attached hydrogens (tertiary/aromatic N) is 1. The molecule has 0 aromatic rings. The zero-order valence-electron chi connectivity index (χ0n) is 10.9. The van der Waals surface area contributed by atoms with Gasteiger partial charge in [0.1, 0.15) is 12.0 Å². The average molecular weight is 237 g/mol. The lowest BCUT2D eigenvalue weighted by atomic mass is 9.86. The standard InChI is InChI=1S/C12H20N4O/c1-11(2)7-9(8-12(3,4)16-11)14-15-10(17)5-6-13/h7,14,16H,5,8H2,1-4H3,(H,15,17)/p+1. The van der Waals surface area contributed by atoms with Gasteiger partial charge in [-0.25, -0.2) is 0 Å². The van der Waals surface area contributed by atoms with Crippen LogP contribution in [0.3, 0.4) is 0 Å². The smallest absolute Gasteiger partial charge is 0.252 e. The van der Waals surface area contributed by atoms with Gasteiger partial charge in [0, 0.05) is 12.1 Å². The second-order valence-corrected chi connectivity index (χ2v) is 5.81. The van der Waals surface area contributed by atoms with Gasteiger partial charge in [-0.3, -0.25) is 10.2 Å². The predicted octanol–water partition coefficient (Wildman–Crippen LogP) is -0.0709. The van der Waals surface area contributed by atoms with Crippen molar-refractivity contribution in [3.8, 4) is 6.07 Å². The second-order valence-electron chi connectivity index (χ2n) is 5.81. The van der Waals surface area contributed by atoms with E-state index in [9.17, 15) is 4.79 Å². The number of hydrazine groups is 1. The van der Waals surface area contributed by atoms with Crippen LogP contribution in [0.15, 0.2) is 11.8 Å². The Morgan fingerprint density at radius 2 is 2.18 bits per heavy atom. The first-order valence-electron chi connectivity index (χ1n) is 5.75. The van der Waals surface area contributed by atoms with Crippen LogP contribution in [0.4, 0.5) is 0 Å². The van der Waals surface area contributed by atoms with Crippen LogP contribution in [0, 0.1) is 11.3 Å². The molecule has 0 unspecified atom stereocenters. The van der Waals surface area contributed by atoms with Crippen LogP contribution in [-0.2, 0) is 4.79 Å². The highest BCUT2D eigenvalue weighted by Crippen LogP contribution is 2.18. The second kappa shape index (κ2) is 4.76. The van der Waals surface area contributed by atoms with E-state index in [0.29, 0.717) is 0 Å². The molecule has 0 aliphatic carbocycles.